The molecule has 0 aliphatic carbocycles. The molecule has 2 amide bonds. The number of hydrogen-bond acceptors (Lipinski definition) is 3. The van der Waals surface area contributed by atoms with Crippen LogP contribution in [0.1, 0.15) is 26.7 Å². The number of nitrogens with one attached hydrogen (secondary N) is 1. The highest BCUT2D eigenvalue weighted by Gasteiger charge is 2.36. The minimum absolute atomic E-state index is 0.187. The van der Waals surface area contributed by atoms with Gasteiger partial charge in [-0.1, -0.05) is 13.8 Å². The second-order valence-electron chi connectivity index (χ2n) is 4.21. The van der Waals surface area contributed by atoms with Crippen LogP contribution < -0.4 is 5.32 Å². The van der Waals surface area contributed by atoms with Crippen LogP contribution in [-0.2, 0) is 9.53 Å². The average molecular weight is 240 g/mol. The summed E-state index contributed by atoms with van der Waals surface area (Å²) in [7, 11) is 1.56. The Morgan fingerprint density at radius 1 is 1.59 bits per heavy atom. The van der Waals surface area contributed by atoms with Gasteiger partial charge in [-0.15, -0.1) is 0 Å². The zero-order valence-corrected chi connectivity index (χ0v) is 10.6. The molecule has 96 valence electrons. The number of rotatable bonds is 4. The first-order valence-corrected chi connectivity index (χ1v) is 5.91. The maximum Gasteiger partial charge on any atom is 0.323 e. The van der Waals surface area contributed by atoms with Crippen LogP contribution in [0.4, 0.5) is 4.79 Å². The summed E-state index contributed by atoms with van der Waals surface area (Å²) in [6.45, 7) is 4.11. The first-order valence-electron chi connectivity index (χ1n) is 5.91. The van der Waals surface area contributed by atoms with Crippen molar-refractivity contribution in [1.29, 1.82) is 0 Å². The largest absolute Gasteiger partial charge is 0.354 e. The number of aldehydes is 1. The Labute approximate surface area is 102 Å². The summed E-state index contributed by atoms with van der Waals surface area (Å²) >= 11 is 0. The van der Waals surface area contributed by atoms with E-state index >= 15 is 0 Å². The molecule has 1 aliphatic heterocycles. The maximum atomic E-state index is 11.7. The summed E-state index contributed by atoms with van der Waals surface area (Å²) < 4.78 is 5.80. The maximum absolute atomic E-state index is 11.7. The van der Waals surface area contributed by atoms with E-state index < -0.39 is 0 Å². The number of amides is 2. The van der Waals surface area contributed by atoms with Crippen molar-refractivity contribution in [2.24, 2.45) is 5.92 Å². The van der Waals surface area contributed by atoms with E-state index in [2.05, 4.69) is 12.2 Å². The molecule has 5 heteroatoms. The van der Waals surface area contributed by atoms with E-state index in [0.29, 0.717) is 6.29 Å². The first-order chi connectivity index (χ1) is 8.13. The molecule has 0 radical (unpaired) electrons. The molecule has 3 atom stereocenters. The Balaban J connectivity index is 2.79. The van der Waals surface area contributed by atoms with Gasteiger partial charge in [-0.2, -0.15) is 0 Å². The third-order valence-electron chi connectivity index (χ3n) is 2.96. The van der Waals surface area contributed by atoms with Crippen LogP contribution in [0.15, 0.2) is 12.3 Å². The molecule has 1 fully saturated rings. The van der Waals surface area contributed by atoms with Gasteiger partial charge >= 0.3 is 6.03 Å². The SMILES string of the molecule is CCC1CC(C)C(N(/C=C\C=O)C(=O)NC)O1. The Hall–Kier alpha value is -1.36. The summed E-state index contributed by atoms with van der Waals surface area (Å²) in [5, 5.41) is 2.54. The van der Waals surface area contributed by atoms with Crippen LogP contribution in [0.2, 0.25) is 0 Å². The van der Waals surface area contributed by atoms with Crippen molar-refractivity contribution in [3.8, 4) is 0 Å². The summed E-state index contributed by atoms with van der Waals surface area (Å²) in [5.41, 5.74) is 0. The Kier molecular flexibility index (Phi) is 5.15. The minimum atomic E-state index is -0.295. The number of carbonyl (C=O) groups is 2. The van der Waals surface area contributed by atoms with Crippen molar-refractivity contribution in [1.82, 2.24) is 10.2 Å². The zero-order valence-electron chi connectivity index (χ0n) is 10.6. The Morgan fingerprint density at radius 2 is 2.29 bits per heavy atom. The molecule has 0 aromatic rings. The highest BCUT2D eigenvalue weighted by atomic mass is 16.5. The third kappa shape index (κ3) is 3.30. The predicted molar refractivity (Wildman–Crippen MR) is 64.2 cm³/mol. The van der Waals surface area contributed by atoms with Crippen molar-refractivity contribution < 1.29 is 14.3 Å². The highest BCUT2D eigenvalue weighted by Crippen LogP contribution is 2.30. The van der Waals surface area contributed by atoms with E-state index in [9.17, 15) is 9.59 Å². The molecule has 3 unspecified atom stereocenters. The number of allylic oxidation sites excluding steroid dienone is 1. The van der Waals surface area contributed by atoms with Crippen molar-refractivity contribution in [3.05, 3.63) is 12.3 Å². The normalized spacial score (nSPS) is 28.3. The van der Waals surface area contributed by atoms with E-state index in [-0.39, 0.29) is 24.3 Å². The minimum Gasteiger partial charge on any atom is -0.354 e. The number of carbonyl (C=O) groups excluding carboxylic acids is 2. The van der Waals surface area contributed by atoms with E-state index in [4.69, 9.17) is 4.74 Å². The number of ether oxygens (including phenoxy) is 1. The molecule has 1 heterocycles. The lowest BCUT2D eigenvalue weighted by atomic mass is 10.0. The van der Waals surface area contributed by atoms with Crippen LogP contribution >= 0.6 is 0 Å². The fourth-order valence-corrected chi connectivity index (χ4v) is 2.05. The monoisotopic (exact) mass is 240 g/mol. The number of urea groups is 1. The van der Waals surface area contributed by atoms with Gasteiger partial charge in [0.05, 0.1) is 6.10 Å². The molecule has 0 aromatic heterocycles. The standard InChI is InChI=1S/C12H20N2O3/c1-4-10-8-9(2)11(17-10)14(6-5-7-15)12(16)13-3/h5-7,9-11H,4,8H2,1-3H3,(H,13,16)/b6-5-. The number of nitrogens with zero attached hydrogens (tertiary/aromatic N) is 1. The molecular weight excluding hydrogens is 220 g/mol. The molecule has 1 saturated heterocycles. The van der Waals surface area contributed by atoms with Gasteiger partial charge in [-0.25, -0.2) is 4.79 Å². The molecule has 1 rings (SSSR count). The third-order valence-corrected chi connectivity index (χ3v) is 2.96. The molecule has 0 saturated carbocycles. The zero-order chi connectivity index (χ0) is 12.8. The quantitative estimate of drug-likeness (QED) is 0.598. The van der Waals surface area contributed by atoms with Gasteiger partial charge < -0.3 is 10.1 Å². The molecular formula is C12H20N2O3. The fourth-order valence-electron chi connectivity index (χ4n) is 2.05. The summed E-state index contributed by atoms with van der Waals surface area (Å²) in [4.78, 5) is 23.5. The lowest BCUT2D eigenvalue weighted by Gasteiger charge is -2.27. The van der Waals surface area contributed by atoms with Gasteiger partial charge in [-0.3, -0.25) is 9.69 Å². The topological polar surface area (TPSA) is 58.6 Å². The average Bonchev–Trinajstić information content (AvgIpc) is 2.71. The fraction of sp³-hybridized carbons (Fsp3) is 0.667. The summed E-state index contributed by atoms with van der Waals surface area (Å²) in [5.74, 6) is 0.258. The molecule has 17 heavy (non-hydrogen) atoms. The van der Waals surface area contributed by atoms with Crippen LogP contribution in [0.5, 0.6) is 0 Å². The van der Waals surface area contributed by atoms with Gasteiger partial charge in [0.25, 0.3) is 0 Å². The van der Waals surface area contributed by atoms with E-state index in [0.717, 1.165) is 12.8 Å². The van der Waals surface area contributed by atoms with Gasteiger partial charge in [0.1, 0.15) is 12.5 Å². The highest BCUT2D eigenvalue weighted by molar-refractivity contribution is 5.76. The van der Waals surface area contributed by atoms with E-state index in [1.807, 2.05) is 6.92 Å². The van der Waals surface area contributed by atoms with E-state index in [1.165, 1.54) is 17.2 Å². The second-order valence-corrected chi connectivity index (χ2v) is 4.21. The Morgan fingerprint density at radius 3 is 2.76 bits per heavy atom. The van der Waals surface area contributed by atoms with Crippen LogP contribution in [0.3, 0.4) is 0 Å². The smallest absolute Gasteiger partial charge is 0.323 e. The summed E-state index contributed by atoms with van der Waals surface area (Å²) in [6.07, 6.45) is 5.16. The Bertz CT molecular complexity index is 304. The lowest BCUT2D eigenvalue weighted by Crippen LogP contribution is -2.43. The van der Waals surface area contributed by atoms with Gasteiger partial charge in [0.15, 0.2) is 0 Å². The van der Waals surface area contributed by atoms with Gasteiger partial charge in [0, 0.05) is 19.2 Å². The van der Waals surface area contributed by atoms with E-state index in [1.54, 1.807) is 7.05 Å². The molecule has 1 aliphatic rings. The number of hydrogen-bond donors (Lipinski definition) is 1. The first kappa shape index (κ1) is 13.7. The molecule has 0 bridgehead atoms. The van der Waals surface area contributed by atoms with Crippen LogP contribution in [0, 0.1) is 5.92 Å². The van der Waals surface area contributed by atoms with Crippen molar-refractivity contribution >= 4 is 12.3 Å². The molecule has 0 spiro atoms. The predicted octanol–water partition coefficient (Wildman–Crippen LogP) is 1.50. The molecule has 0 aromatic carbocycles. The summed E-state index contributed by atoms with van der Waals surface area (Å²) in [6, 6.07) is -0.267. The van der Waals surface area contributed by atoms with Gasteiger partial charge in [0.2, 0.25) is 0 Å². The lowest BCUT2D eigenvalue weighted by molar-refractivity contribution is -0.104. The van der Waals surface area contributed by atoms with Crippen molar-refractivity contribution in [2.75, 3.05) is 7.05 Å². The van der Waals surface area contributed by atoms with Gasteiger partial charge in [-0.05, 0) is 18.9 Å². The molecule has 5 nitrogen and oxygen atoms in total. The second kappa shape index (κ2) is 6.39. The van der Waals surface area contributed by atoms with Crippen molar-refractivity contribution in [2.45, 2.75) is 39.0 Å². The van der Waals surface area contributed by atoms with Crippen molar-refractivity contribution in [3.63, 3.8) is 0 Å². The van der Waals surface area contributed by atoms with Crippen LogP contribution in [0.25, 0.3) is 0 Å². The molecule has 1 N–H and O–H groups in total. The van der Waals surface area contributed by atoms with Crippen LogP contribution in [-0.4, -0.2) is 36.6 Å².